The Morgan fingerprint density at radius 3 is 2.80 bits per heavy atom. The van der Waals surface area contributed by atoms with E-state index in [0.717, 1.165) is 15.1 Å². The normalized spacial score (nSPS) is 12.2. The summed E-state index contributed by atoms with van der Waals surface area (Å²) in [5.41, 5.74) is 0. The maximum Gasteiger partial charge on any atom is 0.326 e. The quantitative estimate of drug-likeness (QED) is 0.743. The minimum absolute atomic E-state index is 0.0146. The van der Waals surface area contributed by atoms with E-state index >= 15 is 0 Å². The number of aromatic nitrogens is 2. The van der Waals surface area contributed by atoms with Gasteiger partial charge in [0, 0.05) is 11.3 Å². The van der Waals surface area contributed by atoms with E-state index in [9.17, 15) is 9.59 Å². The summed E-state index contributed by atoms with van der Waals surface area (Å²) < 4.78 is 0. The van der Waals surface area contributed by atoms with Gasteiger partial charge >= 0.3 is 11.9 Å². The zero-order valence-electron chi connectivity index (χ0n) is 10.7. The highest BCUT2D eigenvalue weighted by Crippen LogP contribution is 2.28. The topological polar surface area (TPSA) is 112 Å². The van der Waals surface area contributed by atoms with Crippen molar-refractivity contribution in [1.29, 1.82) is 0 Å². The summed E-state index contributed by atoms with van der Waals surface area (Å²) in [4.78, 5) is 31.7. The minimum atomic E-state index is -1.11. The van der Waals surface area contributed by atoms with Gasteiger partial charge in [-0.1, -0.05) is 0 Å². The molecule has 0 aliphatic rings. The molecule has 0 radical (unpaired) electrons. The van der Waals surface area contributed by atoms with E-state index in [4.69, 9.17) is 10.2 Å². The molecule has 2 heterocycles. The zero-order valence-corrected chi connectivity index (χ0v) is 11.5. The van der Waals surface area contributed by atoms with Crippen LogP contribution in [0.1, 0.15) is 17.7 Å². The third kappa shape index (κ3) is 3.21. The summed E-state index contributed by atoms with van der Waals surface area (Å²) in [6.45, 7) is 1.93. The SMILES string of the molecule is Cc1cc2c(NC(CCC(=O)O)C(=O)O)ncnc2s1. The Hall–Kier alpha value is -2.22. The van der Waals surface area contributed by atoms with Crippen LogP contribution in [-0.2, 0) is 9.59 Å². The number of thiophene rings is 1. The Balaban J connectivity index is 2.24. The molecular weight excluding hydrogens is 282 g/mol. The minimum Gasteiger partial charge on any atom is -0.481 e. The van der Waals surface area contributed by atoms with Crippen LogP contribution in [-0.4, -0.2) is 38.2 Å². The van der Waals surface area contributed by atoms with Gasteiger partial charge in [0.05, 0.1) is 5.39 Å². The van der Waals surface area contributed by atoms with Crippen LogP contribution in [0.25, 0.3) is 10.2 Å². The third-order valence-corrected chi connectivity index (χ3v) is 3.67. The number of aryl methyl sites for hydroxylation is 1. The second-order valence-corrected chi connectivity index (χ2v) is 5.50. The van der Waals surface area contributed by atoms with Crippen molar-refractivity contribution in [2.24, 2.45) is 0 Å². The molecule has 2 aromatic rings. The van der Waals surface area contributed by atoms with Crippen LogP contribution in [0, 0.1) is 6.92 Å². The molecular formula is C12H13N3O4S. The molecule has 0 aliphatic heterocycles. The van der Waals surface area contributed by atoms with Crippen LogP contribution >= 0.6 is 11.3 Å². The number of carbonyl (C=O) groups is 2. The Kier molecular flexibility index (Phi) is 4.14. The lowest BCUT2D eigenvalue weighted by atomic mass is 10.1. The maximum atomic E-state index is 11.2. The van der Waals surface area contributed by atoms with Crippen molar-refractivity contribution in [2.45, 2.75) is 25.8 Å². The van der Waals surface area contributed by atoms with Crippen LogP contribution in [0.2, 0.25) is 0 Å². The Bertz CT molecular complexity index is 655. The summed E-state index contributed by atoms with van der Waals surface area (Å²) in [5, 5.41) is 21.3. The molecule has 3 N–H and O–H groups in total. The zero-order chi connectivity index (χ0) is 14.7. The van der Waals surface area contributed by atoms with E-state index in [2.05, 4.69) is 15.3 Å². The monoisotopic (exact) mass is 295 g/mol. The number of nitrogens with one attached hydrogen (secondary N) is 1. The van der Waals surface area contributed by atoms with Crippen molar-refractivity contribution in [2.75, 3.05) is 5.32 Å². The van der Waals surface area contributed by atoms with Gasteiger partial charge in [0.1, 0.15) is 23.0 Å². The van der Waals surface area contributed by atoms with Gasteiger partial charge in [0.25, 0.3) is 0 Å². The van der Waals surface area contributed by atoms with Crippen LogP contribution in [0.15, 0.2) is 12.4 Å². The lowest BCUT2D eigenvalue weighted by molar-refractivity contribution is -0.139. The molecule has 0 saturated carbocycles. The summed E-state index contributed by atoms with van der Waals surface area (Å²) in [5.74, 6) is -1.72. The summed E-state index contributed by atoms with van der Waals surface area (Å²) >= 11 is 1.49. The molecule has 0 fully saturated rings. The third-order valence-electron chi connectivity index (χ3n) is 2.71. The lowest BCUT2D eigenvalue weighted by Gasteiger charge is -2.14. The smallest absolute Gasteiger partial charge is 0.326 e. The lowest BCUT2D eigenvalue weighted by Crippen LogP contribution is -2.30. The number of hydrogen-bond acceptors (Lipinski definition) is 6. The van der Waals surface area contributed by atoms with Gasteiger partial charge in [-0.05, 0) is 19.4 Å². The second kappa shape index (κ2) is 5.83. The molecule has 0 aliphatic carbocycles. The van der Waals surface area contributed by atoms with Gasteiger partial charge in [-0.3, -0.25) is 4.79 Å². The van der Waals surface area contributed by atoms with Crippen LogP contribution in [0.5, 0.6) is 0 Å². The van der Waals surface area contributed by atoms with Gasteiger partial charge < -0.3 is 15.5 Å². The Morgan fingerprint density at radius 1 is 1.40 bits per heavy atom. The Labute approximate surface area is 118 Å². The predicted molar refractivity (Wildman–Crippen MR) is 74.1 cm³/mol. The van der Waals surface area contributed by atoms with Crippen LogP contribution < -0.4 is 5.32 Å². The average Bonchev–Trinajstić information content (AvgIpc) is 2.74. The fraction of sp³-hybridized carbons (Fsp3) is 0.333. The van der Waals surface area contributed by atoms with Gasteiger partial charge in [-0.2, -0.15) is 0 Å². The first-order valence-corrected chi connectivity index (χ1v) is 6.71. The number of fused-ring (bicyclic) bond motifs is 1. The Morgan fingerprint density at radius 2 is 2.15 bits per heavy atom. The molecule has 106 valence electrons. The molecule has 1 atom stereocenters. The number of rotatable bonds is 6. The number of hydrogen-bond donors (Lipinski definition) is 3. The van der Waals surface area contributed by atoms with Gasteiger partial charge in [-0.25, -0.2) is 14.8 Å². The van der Waals surface area contributed by atoms with E-state index in [-0.39, 0.29) is 12.8 Å². The molecule has 1 unspecified atom stereocenters. The summed E-state index contributed by atoms with van der Waals surface area (Å²) in [7, 11) is 0. The average molecular weight is 295 g/mol. The fourth-order valence-electron chi connectivity index (χ4n) is 1.78. The highest BCUT2D eigenvalue weighted by atomic mass is 32.1. The molecule has 0 aromatic carbocycles. The molecule has 8 heteroatoms. The highest BCUT2D eigenvalue weighted by molar-refractivity contribution is 7.18. The molecule has 7 nitrogen and oxygen atoms in total. The molecule has 0 bridgehead atoms. The van der Waals surface area contributed by atoms with Gasteiger partial charge in [0.15, 0.2) is 0 Å². The molecule has 2 aromatic heterocycles. The van der Waals surface area contributed by atoms with E-state index in [0.29, 0.717) is 5.82 Å². The summed E-state index contributed by atoms with van der Waals surface area (Å²) in [6, 6.07) is 0.878. The van der Waals surface area contributed by atoms with E-state index in [1.807, 2.05) is 13.0 Å². The number of nitrogens with zero attached hydrogens (tertiary/aromatic N) is 2. The second-order valence-electron chi connectivity index (χ2n) is 4.27. The first-order chi connectivity index (χ1) is 9.47. The molecule has 0 amide bonds. The van der Waals surface area contributed by atoms with Crippen molar-refractivity contribution in [3.05, 3.63) is 17.3 Å². The van der Waals surface area contributed by atoms with Crippen molar-refractivity contribution in [1.82, 2.24) is 9.97 Å². The number of aliphatic carboxylic acids is 2. The van der Waals surface area contributed by atoms with Crippen molar-refractivity contribution in [3.8, 4) is 0 Å². The number of anilines is 1. The molecule has 20 heavy (non-hydrogen) atoms. The first kappa shape index (κ1) is 14.2. The highest BCUT2D eigenvalue weighted by Gasteiger charge is 2.20. The number of carboxylic acids is 2. The van der Waals surface area contributed by atoms with Crippen LogP contribution in [0.4, 0.5) is 5.82 Å². The predicted octanol–water partition coefficient (Wildman–Crippen LogP) is 1.73. The maximum absolute atomic E-state index is 11.2. The first-order valence-electron chi connectivity index (χ1n) is 5.89. The van der Waals surface area contributed by atoms with E-state index < -0.39 is 18.0 Å². The molecule has 0 saturated heterocycles. The van der Waals surface area contributed by atoms with Gasteiger partial charge in [0.2, 0.25) is 0 Å². The fourth-order valence-corrected chi connectivity index (χ4v) is 2.63. The van der Waals surface area contributed by atoms with Crippen molar-refractivity contribution < 1.29 is 19.8 Å². The van der Waals surface area contributed by atoms with Crippen molar-refractivity contribution in [3.63, 3.8) is 0 Å². The number of carboxylic acid groups (broad SMARTS) is 2. The standard InChI is InChI=1S/C12H13N3O4S/c1-6-4-7-10(13-5-14-11(7)20-6)15-8(12(18)19)2-3-9(16)17/h4-5,8H,2-3H2,1H3,(H,16,17)(H,18,19)(H,13,14,15). The van der Waals surface area contributed by atoms with Gasteiger partial charge in [-0.15, -0.1) is 11.3 Å². The van der Waals surface area contributed by atoms with Crippen molar-refractivity contribution >= 4 is 39.3 Å². The molecule has 0 spiro atoms. The van der Waals surface area contributed by atoms with E-state index in [1.165, 1.54) is 17.7 Å². The summed E-state index contributed by atoms with van der Waals surface area (Å²) in [6.07, 6.45) is 1.12. The molecule has 2 rings (SSSR count). The largest absolute Gasteiger partial charge is 0.481 e. The van der Waals surface area contributed by atoms with Crippen LogP contribution in [0.3, 0.4) is 0 Å². The van der Waals surface area contributed by atoms with E-state index in [1.54, 1.807) is 0 Å².